The van der Waals surface area contributed by atoms with Crippen LogP contribution < -0.4 is 16.0 Å². The van der Waals surface area contributed by atoms with Crippen molar-refractivity contribution in [2.75, 3.05) is 10.6 Å². The molecule has 0 spiro atoms. The lowest BCUT2D eigenvalue weighted by Gasteiger charge is -2.32. The number of amides is 3. The molecule has 0 heterocycles. The molecule has 3 aliphatic carbocycles. The van der Waals surface area contributed by atoms with Crippen molar-refractivity contribution in [2.24, 2.45) is 5.92 Å². The maximum atomic E-state index is 15.0. The minimum absolute atomic E-state index is 0.0319. The SMILES string of the molecule is CC1(Cl)CC=C(NC(=O)[C@H]2[C@H](c3cc(C(F)(F)F)cc(C(F)(F)F)c3C3CCC3)C2(Cl)Cl)C=C1C(=O)Nc1ccc(F)c(NC(=O)C(F)F)c1F. The van der Waals surface area contributed by atoms with Crippen molar-refractivity contribution in [3.63, 3.8) is 0 Å². The van der Waals surface area contributed by atoms with Gasteiger partial charge in [-0.3, -0.25) is 14.4 Å². The minimum Gasteiger partial charge on any atom is -0.326 e. The Kier molecular flexibility index (Phi) is 10.2. The number of hydrogen-bond donors (Lipinski definition) is 3. The third-order valence-electron chi connectivity index (χ3n) is 8.89. The number of alkyl halides is 11. The van der Waals surface area contributed by atoms with E-state index >= 15 is 0 Å². The molecule has 2 saturated carbocycles. The van der Waals surface area contributed by atoms with Crippen LogP contribution in [0.4, 0.5) is 55.3 Å². The number of halogens is 13. The molecule has 0 saturated heterocycles. The van der Waals surface area contributed by atoms with Gasteiger partial charge in [0.15, 0.2) is 5.82 Å². The van der Waals surface area contributed by atoms with Gasteiger partial charge in [0.1, 0.15) is 15.8 Å². The summed E-state index contributed by atoms with van der Waals surface area (Å²) in [4.78, 5) is 36.5. The van der Waals surface area contributed by atoms with Crippen LogP contribution in [0.15, 0.2) is 47.7 Å². The average Bonchev–Trinajstić information content (AvgIpc) is 3.56. The Balaban J connectivity index is 1.42. The molecule has 6 nitrogen and oxygen atoms in total. The Morgan fingerprint density at radius 1 is 0.922 bits per heavy atom. The fraction of sp³-hybridized carbons (Fsp3) is 0.406. The molecule has 276 valence electrons. The van der Waals surface area contributed by atoms with E-state index in [4.69, 9.17) is 34.8 Å². The number of allylic oxidation sites excluding steroid dienone is 2. The average molecular weight is 795 g/mol. The van der Waals surface area contributed by atoms with Gasteiger partial charge < -0.3 is 16.0 Å². The van der Waals surface area contributed by atoms with E-state index < -0.39 is 109 Å². The topological polar surface area (TPSA) is 87.3 Å². The van der Waals surface area contributed by atoms with E-state index in [1.165, 1.54) is 18.3 Å². The first kappa shape index (κ1) is 38.7. The van der Waals surface area contributed by atoms with Crippen LogP contribution >= 0.6 is 34.8 Å². The number of hydrogen-bond acceptors (Lipinski definition) is 3. The lowest BCUT2D eigenvalue weighted by molar-refractivity contribution is -0.143. The van der Waals surface area contributed by atoms with Gasteiger partial charge in [0.05, 0.1) is 27.6 Å². The van der Waals surface area contributed by atoms with Gasteiger partial charge in [-0.2, -0.15) is 35.1 Å². The highest BCUT2D eigenvalue weighted by Gasteiger charge is 2.69. The monoisotopic (exact) mass is 793 g/mol. The maximum absolute atomic E-state index is 15.0. The van der Waals surface area contributed by atoms with Crippen molar-refractivity contribution in [3.05, 3.63) is 81.6 Å². The predicted octanol–water partition coefficient (Wildman–Crippen LogP) is 9.33. The van der Waals surface area contributed by atoms with E-state index in [0.717, 1.165) is 12.1 Å². The molecular formula is C32H24Cl3F10N3O3. The van der Waals surface area contributed by atoms with Crippen LogP contribution in [0.25, 0.3) is 0 Å². The number of benzene rings is 2. The second-order valence-corrected chi connectivity index (χ2v) is 14.7. The smallest absolute Gasteiger partial charge is 0.326 e. The number of rotatable bonds is 8. The van der Waals surface area contributed by atoms with Crippen LogP contribution in [-0.4, -0.2) is 33.4 Å². The quantitative estimate of drug-likeness (QED) is 0.184. The molecule has 51 heavy (non-hydrogen) atoms. The first-order valence-corrected chi connectivity index (χ1v) is 16.1. The van der Waals surface area contributed by atoms with Crippen molar-refractivity contribution in [2.45, 2.75) is 72.4 Å². The third-order valence-corrected chi connectivity index (χ3v) is 10.2. The highest BCUT2D eigenvalue weighted by molar-refractivity contribution is 6.53. The van der Waals surface area contributed by atoms with E-state index in [2.05, 4.69) is 10.6 Å². The molecule has 3 amide bonds. The molecule has 2 aromatic carbocycles. The van der Waals surface area contributed by atoms with Crippen LogP contribution in [0.5, 0.6) is 0 Å². The van der Waals surface area contributed by atoms with Crippen LogP contribution in [0.2, 0.25) is 0 Å². The molecule has 19 heteroatoms. The highest BCUT2D eigenvalue weighted by Crippen LogP contribution is 2.67. The summed E-state index contributed by atoms with van der Waals surface area (Å²) < 4.78 is 136. The molecule has 0 radical (unpaired) electrons. The van der Waals surface area contributed by atoms with Crippen molar-refractivity contribution in [3.8, 4) is 0 Å². The lowest BCUT2D eigenvalue weighted by Crippen LogP contribution is -2.34. The fourth-order valence-electron chi connectivity index (χ4n) is 6.04. The lowest BCUT2D eigenvalue weighted by atomic mass is 9.74. The number of carbonyl (C=O) groups is 3. The molecule has 2 fully saturated rings. The summed E-state index contributed by atoms with van der Waals surface area (Å²) in [6.07, 6.45) is -10.7. The Labute approximate surface area is 297 Å². The highest BCUT2D eigenvalue weighted by atomic mass is 35.5. The van der Waals surface area contributed by atoms with Crippen LogP contribution in [-0.2, 0) is 26.7 Å². The maximum Gasteiger partial charge on any atom is 0.416 e. The van der Waals surface area contributed by atoms with Gasteiger partial charge in [0.2, 0.25) is 5.91 Å². The van der Waals surface area contributed by atoms with Gasteiger partial charge in [-0.1, -0.05) is 12.5 Å². The predicted molar refractivity (Wildman–Crippen MR) is 167 cm³/mol. The third kappa shape index (κ3) is 7.68. The number of carbonyl (C=O) groups excluding carboxylic acids is 3. The van der Waals surface area contributed by atoms with Crippen molar-refractivity contribution < 1.29 is 58.3 Å². The summed E-state index contributed by atoms with van der Waals surface area (Å²) in [7, 11) is 0. The Morgan fingerprint density at radius 2 is 1.57 bits per heavy atom. The van der Waals surface area contributed by atoms with E-state index in [9.17, 15) is 58.3 Å². The second kappa shape index (κ2) is 13.5. The van der Waals surface area contributed by atoms with Gasteiger partial charge in [-0.25, -0.2) is 8.78 Å². The van der Waals surface area contributed by atoms with Gasteiger partial charge in [0.25, 0.3) is 11.8 Å². The zero-order valence-corrected chi connectivity index (χ0v) is 28.0. The molecule has 3 aliphatic rings. The van der Waals surface area contributed by atoms with Crippen molar-refractivity contribution in [1.29, 1.82) is 0 Å². The van der Waals surface area contributed by atoms with Gasteiger partial charge >= 0.3 is 18.8 Å². The molecule has 0 aliphatic heterocycles. The summed E-state index contributed by atoms with van der Waals surface area (Å²) in [5.74, 6) is -11.0. The molecule has 0 bridgehead atoms. The first-order chi connectivity index (χ1) is 23.4. The largest absolute Gasteiger partial charge is 0.416 e. The fourth-order valence-corrected chi connectivity index (χ4v) is 7.07. The molecular weight excluding hydrogens is 771 g/mol. The number of nitrogens with one attached hydrogen (secondary N) is 3. The van der Waals surface area contributed by atoms with E-state index in [1.807, 2.05) is 0 Å². The molecule has 3 atom stereocenters. The Morgan fingerprint density at radius 3 is 2.12 bits per heavy atom. The van der Waals surface area contributed by atoms with E-state index in [1.54, 1.807) is 0 Å². The van der Waals surface area contributed by atoms with Crippen LogP contribution in [0, 0.1) is 17.6 Å². The molecule has 1 unspecified atom stereocenters. The molecule has 0 aromatic heterocycles. The standard InChI is InChI=1S/C32H24Cl3F10N3O3/c1-29(33)8-7-14(11-17(29)26(49)47-19-6-5-18(36)24(23(19)37)48-28(51)25(38)39)46-27(50)22-21(30(22,34)35)15-9-13(31(40,41)42)10-16(32(43,44)45)20(15)12-3-2-4-12/h5-7,9-12,21-22,25H,2-4,8H2,1H3,(H,46,50)(H,47,49)(H,48,51)/t21-,22+,29?/m0/s1. The van der Waals surface area contributed by atoms with Crippen LogP contribution in [0.3, 0.4) is 0 Å². The molecule has 5 rings (SSSR count). The van der Waals surface area contributed by atoms with E-state index in [0.29, 0.717) is 18.6 Å². The van der Waals surface area contributed by atoms with Gasteiger partial charge in [-0.15, -0.1) is 34.8 Å². The summed E-state index contributed by atoms with van der Waals surface area (Å²) in [5.41, 5.74) is -6.44. The molecule has 2 aromatic rings. The summed E-state index contributed by atoms with van der Waals surface area (Å²) in [6, 6.07) is 1.87. The van der Waals surface area contributed by atoms with Crippen molar-refractivity contribution in [1.82, 2.24) is 5.32 Å². The zero-order valence-electron chi connectivity index (χ0n) is 25.7. The van der Waals surface area contributed by atoms with E-state index in [-0.39, 0.29) is 36.6 Å². The van der Waals surface area contributed by atoms with Gasteiger partial charge in [-0.05, 0) is 73.6 Å². The molecule has 3 N–H and O–H groups in total. The summed E-state index contributed by atoms with van der Waals surface area (Å²) in [6.45, 7) is 1.36. The van der Waals surface area contributed by atoms with Gasteiger partial charge in [0, 0.05) is 17.2 Å². The minimum atomic E-state index is -5.18. The summed E-state index contributed by atoms with van der Waals surface area (Å²) in [5, 5.41) is 5.85. The van der Waals surface area contributed by atoms with Crippen LogP contribution in [0.1, 0.15) is 66.7 Å². The first-order valence-electron chi connectivity index (χ1n) is 15.0. The summed E-state index contributed by atoms with van der Waals surface area (Å²) >= 11 is 19.3. The Bertz CT molecular complexity index is 1850. The number of anilines is 2. The second-order valence-electron chi connectivity index (χ2n) is 12.4. The normalized spacial score (nSPS) is 23.2. The zero-order chi connectivity index (χ0) is 38.0. The Hall–Kier alpha value is -3.50. The van der Waals surface area contributed by atoms with Crippen molar-refractivity contribution >= 4 is 63.9 Å².